The second-order valence-corrected chi connectivity index (χ2v) is 3.19. The third-order valence-corrected chi connectivity index (χ3v) is 2.08. The van der Waals surface area contributed by atoms with Gasteiger partial charge in [0.05, 0.1) is 16.4 Å². The Kier molecular flexibility index (Phi) is 2.35. The summed E-state index contributed by atoms with van der Waals surface area (Å²) < 4.78 is 0. The van der Waals surface area contributed by atoms with Crippen LogP contribution in [0.3, 0.4) is 0 Å². The Labute approximate surface area is 87.3 Å². The fourth-order valence-corrected chi connectivity index (χ4v) is 1.53. The molecule has 3 heteroatoms. The maximum atomic E-state index is 4.60. The molecule has 0 aliphatic heterocycles. The first-order chi connectivity index (χ1) is 6.81. The van der Waals surface area contributed by atoms with Gasteiger partial charge in [-0.05, 0) is 31.3 Å². The summed E-state index contributed by atoms with van der Waals surface area (Å²) in [6.45, 7) is 1.94. The van der Waals surface area contributed by atoms with E-state index in [0.29, 0.717) is 0 Å². The topological polar surface area (TPSA) is 25.2 Å². The van der Waals surface area contributed by atoms with Crippen LogP contribution in [0.25, 0.3) is 10.9 Å². The minimum atomic E-state index is 0.836. The fraction of sp³-hybridized carbons (Fsp3) is 0.0909. The van der Waals surface area contributed by atoms with Gasteiger partial charge < -0.3 is 0 Å². The van der Waals surface area contributed by atoms with Crippen molar-refractivity contribution in [2.75, 3.05) is 0 Å². The number of aryl methyl sites for hydroxylation is 1. The second-order valence-electron chi connectivity index (χ2n) is 3.00. The smallest absolute Gasteiger partial charge is 0.0851 e. The highest BCUT2D eigenvalue weighted by Crippen LogP contribution is 2.24. The molecule has 0 fully saturated rings. The molecular weight excluding hydrogens is 192 g/mol. The van der Waals surface area contributed by atoms with Crippen LogP contribution < -0.4 is 0 Å². The summed E-state index contributed by atoms with van der Waals surface area (Å²) in [5, 5.41) is 3.39. The number of fused-ring (bicyclic) bond motifs is 1. The average Bonchev–Trinajstić information content (AvgIpc) is 2.18. The van der Waals surface area contributed by atoms with Gasteiger partial charge in [-0.1, -0.05) is 18.2 Å². The van der Waals surface area contributed by atoms with Crippen LogP contribution in [0.2, 0.25) is 0 Å². The van der Waals surface area contributed by atoms with Crippen molar-refractivity contribution in [2.24, 2.45) is 4.99 Å². The number of isothiocyanates is 1. The van der Waals surface area contributed by atoms with Crippen molar-refractivity contribution in [1.29, 1.82) is 0 Å². The third-order valence-electron chi connectivity index (χ3n) is 1.99. The molecule has 0 unspecified atom stereocenters. The molecule has 0 radical (unpaired) electrons. The molecule has 0 saturated carbocycles. The molecule has 0 aliphatic carbocycles. The SMILES string of the molecule is Cc1cc(N=C=S)c2ccccc2n1. The third kappa shape index (κ3) is 1.55. The summed E-state index contributed by atoms with van der Waals surface area (Å²) >= 11 is 4.60. The number of hydrogen-bond acceptors (Lipinski definition) is 3. The van der Waals surface area contributed by atoms with Crippen LogP contribution in [0.15, 0.2) is 35.3 Å². The van der Waals surface area contributed by atoms with E-state index in [0.717, 1.165) is 22.3 Å². The van der Waals surface area contributed by atoms with Gasteiger partial charge >= 0.3 is 0 Å². The molecule has 0 amide bonds. The van der Waals surface area contributed by atoms with E-state index >= 15 is 0 Å². The average molecular weight is 200 g/mol. The Morgan fingerprint density at radius 1 is 1.36 bits per heavy atom. The van der Waals surface area contributed by atoms with Crippen LogP contribution in [-0.2, 0) is 0 Å². The monoisotopic (exact) mass is 200 g/mol. The summed E-state index contributed by atoms with van der Waals surface area (Å²) in [5.41, 5.74) is 2.72. The molecule has 0 spiro atoms. The van der Waals surface area contributed by atoms with Gasteiger partial charge in [0.2, 0.25) is 0 Å². The van der Waals surface area contributed by atoms with Crippen molar-refractivity contribution in [3.05, 3.63) is 36.0 Å². The number of aliphatic imine (C=N–C) groups is 1. The molecule has 0 N–H and O–H groups in total. The van der Waals surface area contributed by atoms with Crippen LogP contribution in [0.1, 0.15) is 5.69 Å². The first-order valence-electron chi connectivity index (χ1n) is 4.25. The van der Waals surface area contributed by atoms with Gasteiger partial charge in [-0.2, -0.15) is 4.99 Å². The highest BCUT2D eigenvalue weighted by atomic mass is 32.1. The van der Waals surface area contributed by atoms with Gasteiger partial charge in [-0.3, -0.25) is 4.98 Å². The van der Waals surface area contributed by atoms with Crippen molar-refractivity contribution >= 4 is 34.0 Å². The number of thiocarbonyl (C=S) groups is 1. The van der Waals surface area contributed by atoms with Crippen LogP contribution in [0.5, 0.6) is 0 Å². The van der Waals surface area contributed by atoms with Crippen molar-refractivity contribution in [3.8, 4) is 0 Å². The number of aromatic nitrogens is 1. The Balaban J connectivity index is 2.86. The maximum absolute atomic E-state index is 4.60. The molecule has 0 aliphatic rings. The van der Waals surface area contributed by atoms with E-state index in [4.69, 9.17) is 0 Å². The van der Waals surface area contributed by atoms with Crippen molar-refractivity contribution in [2.45, 2.75) is 6.92 Å². The molecule has 68 valence electrons. The highest BCUT2D eigenvalue weighted by molar-refractivity contribution is 7.78. The molecule has 2 nitrogen and oxygen atoms in total. The lowest BCUT2D eigenvalue weighted by Crippen LogP contribution is -1.83. The Bertz CT molecular complexity index is 528. The van der Waals surface area contributed by atoms with E-state index in [1.807, 2.05) is 37.3 Å². The van der Waals surface area contributed by atoms with Gasteiger partial charge in [0.15, 0.2) is 0 Å². The number of benzene rings is 1. The lowest BCUT2D eigenvalue weighted by atomic mass is 10.1. The lowest BCUT2D eigenvalue weighted by molar-refractivity contribution is 1.25. The largest absolute Gasteiger partial charge is 0.253 e. The van der Waals surface area contributed by atoms with E-state index in [9.17, 15) is 0 Å². The summed E-state index contributed by atoms with van der Waals surface area (Å²) in [6, 6.07) is 9.76. The molecule has 0 saturated heterocycles. The standard InChI is InChI=1S/C11H8N2S/c1-8-6-11(12-7-14)9-4-2-3-5-10(9)13-8/h2-6H,1H3. The zero-order chi connectivity index (χ0) is 9.97. The van der Waals surface area contributed by atoms with Gasteiger partial charge in [-0.15, -0.1) is 0 Å². The number of para-hydroxylation sites is 1. The van der Waals surface area contributed by atoms with Gasteiger partial charge in [-0.25, -0.2) is 0 Å². The number of pyridine rings is 1. The van der Waals surface area contributed by atoms with Gasteiger partial charge in [0.1, 0.15) is 0 Å². The van der Waals surface area contributed by atoms with E-state index < -0.39 is 0 Å². The lowest BCUT2D eigenvalue weighted by Gasteiger charge is -2.01. The summed E-state index contributed by atoms with van der Waals surface area (Å²) in [5.74, 6) is 0. The van der Waals surface area contributed by atoms with E-state index in [1.165, 1.54) is 0 Å². The Morgan fingerprint density at radius 3 is 2.93 bits per heavy atom. The molecule has 1 heterocycles. The molecule has 1 aromatic carbocycles. The minimum Gasteiger partial charge on any atom is -0.253 e. The number of nitrogens with zero attached hydrogens (tertiary/aromatic N) is 2. The van der Waals surface area contributed by atoms with Crippen LogP contribution in [0, 0.1) is 6.92 Å². The predicted molar refractivity (Wildman–Crippen MR) is 61.2 cm³/mol. The van der Waals surface area contributed by atoms with Crippen LogP contribution >= 0.6 is 12.2 Å². The van der Waals surface area contributed by atoms with E-state index in [1.54, 1.807) is 0 Å². The molecule has 2 aromatic rings. The second kappa shape index (κ2) is 3.66. The maximum Gasteiger partial charge on any atom is 0.0851 e. The normalized spacial score (nSPS) is 9.79. The van der Waals surface area contributed by atoms with Gasteiger partial charge in [0.25, 0.3) is 0 Å². The van der Waals surface area contributed by atoms with E-state index in [-0.39, 0.29) is 0 Å². The molecule has 14 heavy (non-hydrogen) atoms. The first-order valence-corrected chi connectivity index (χ1v) is 4.66. The van der Waals surface area contributed by atoms with Crippen LogP contribution in [0.4, 0.5) is 5.69 Å². The zero-order valence-corrected chi connectivity index (χ0v) is 8.51. The predicted octanol–water partition coefficient (Wildman–Crippen LogP) is 3.28. The Morgan fingerprint density at radius 2 is 2.14 bits per heavy atom. The van der Waals surface area contributed by atoms with Crippen molar-refractivity contribution in [3.63, 3.8) is 0 Å². The summed E-state index contributed by atoms with van der Waals surface area (Å²) in [6.07, 6.45) is 0. The summed E-state index contributed by atoms with van der Waals surface area (Å²) in [4.78, 5) is 8.42. The molecule has 0 bridgehead atoms. The molecule has 2 rings (SSSR count). The summed E-state index contributed by atoms with van der Waals surface area (Å²) in [7, 11) is 0. The zero-order valence-electron chi connectivity index (χ0n) is 7.69. The number of rotatable bonds is 1. The molecule has 1 aromatic heterocycles. The quantitative estimate of drug-likeness (QED) is 0.521. The van der Waals surface area contributed by atoms with Crippen LogP contribution in [-0.4, -0.2) is 10.1 Å². The fourth-order valence-electron chi connectivity index (χ4n) is 1.43. The van der Waals surface area contributed by atoms with Crippen molar-refractivity contribution in [1.82, 2.24) is 4.98 Å². The molecule has 0 atom stereocenters. The van der Waals surface area contributed by atoms with E-state index in [2.05, 4.69) is 27.4 Å². The number of hydrogen-bond donors (Lipinski definition) is 0. The Hall–Kier alpha value is -1.57. The van der Waals surface area contributed by atoms with Gasteiger partial charge in [0, 0.05) is 11.1 Å². The highest BCUT2D eigenvalue weighted by Gasteiger charge is 2.00. The minimum absolute atomic E-state index is 0.836. The first kappa shape index (κ1) is 9.00. The van der Waals surface area contributed by atoms with Crippen molar-refractivity contribution < 1.29 is 0 Å². The molecular formula is C11H8N2S.